The number of allylic oxidation sites excluding steroid dienone is 34. The molecule has 0 spiro atoms. The molecule has 9 heteroatoms. The lowest BCUT2D eigenvalue weighted by molar-refractivity contribution is -0.870. The van der Waals surface area contributed by atoms with E-state index < -0.39 is 30.3 Å². The van der Waals surface area contributed by atoms with Gasteiger partial charge >= 0.3 is 11.9 Å². The Hall–Kier alpha value is -6.13. The molecule has 0 aliphatic heterocycles. The molecule has 0 aromatic carbocycles. The first-order valence-corrected chi connectivity index (χ1v) is 32.2. The molecular weight excluding hydrogens is 1050 g/mol. The van der Waals surface area contributed by atoms with Crippen molar-refractivity contribution in [1.29, 1.82) is 0 Å². The Morgan fingerprint density at radius 3 is 0.941 bits per heavy atom. The molecule has 472 valence electrons. The number of carbonyl (C=O) groups excluding carboxylic acids is 3. The lowest BCUT2D eigenvalue weighted by Crippen LogP contribution is -2.44. The fourth-order valence-corrected chi connectivity index (χ4v) is 7.66. The highest BCUT2D eigenvalue weighted by Gasteiger charge is 2.22. The Bertz CT molecular complexity index is 2140. The van der Waals surface area contributed by atoms with E-state index in [-0.39, 0.29) is 32.7 Å². The minimum atomic E-state index is -1.65. The zero-order valence-electron chi connectivity index (χ0n) is 53.6. The first-order valence-electron chi connectivity index (χ1n) is 32.2. The molecular formula is C76H115NO8. The SMILES string of the molecule is CC/C=C\C/C=C\C/C=C\C/C=C\C/C=C\C/C=C\C/C=C\C/C=C\C/C=C\C/C=C\C/C=C\C/C=C\CCCCCCC(=O)OC(COC(=O)CCCCC/C=C\C/C=C\C/C=C\C/C=C\C/C=C\CC)COC(OCC[N+](C)(C)C)C(=O)[O-]. The van der Waals surface area contributed by atoms with E-state index in [1.807, 2.05) is 21.1 Å². The van der Waals surface area contributed by atoms with E-state index in [9.17, 15) is 19.5 Å². The summed E-state index contributed by atoms with van der Waals surface area (Å²) in [6, 6.07) is 0. The van der Waals surface area contributed by atoms with Crippen LogP contribution < -0.4 is 5.11 Å². The molecule has 0 radical (unpaired) electrons. The molecule has 0 aromatic heterocycles. The van der Waals surface area contributed by atoms with Gasteiger partial charge in [-0.05, 0) is 148 Å². The number of quaternary nitrogens is 1. The number of nitrogens with zero attached hydrogens (tertiary/aromatic N) is 1. The van der Waals surface area contributed by atoms with Crippen LogP contribution in [0.4, 0.5) is 0 Å². The normalized spacial score (nSPS) is 14.1. The van der Waals surface area contributed by atoms with Gasteiger partial charge in [-0.25, -0.2) is 0 Å². The number of hydrogen-bond donors (Lipinski definition) is 0. The van der Waals surface area contributed by atoms with Gasteiger partial charge in [0.1, 0.15) is 13.2 Å². The number of rotatable bonds is 56. The predicted molar refractivity (Wildman–Crippen MR) is 360 cm³/mol. The molecule has 0 rings (SSSR count). The molecule has 0 aliphatic carbocycles. The van der Waals surface area contributed by atoms with Gasteiger partial charge in [-0.2, -0.15) is 0 Å². The molecule has 0 aliphatic rings. The molecule has 0 amide bonds. The number of aliphatic carboxylic acids is 1. The molecule has 0 N–H and O–H groups in total. The van der Waals surface area contributed by atoms with Crippen molar-refractivity contribution in [2.45, 2.75) is 206 Å². The van der Waals surface area contributed by atoms with Crippen LogP contribution in [0.15, 0.2) is 207 Å². The van der Waals surface area contributed by atoms with E-state index in [1.165, 1.54) is 0 Å². The van der Waals surface area contributed by atoms with Crippen LogP contribution >= 0.6 is 0 Å². The largest absolute Gasteiger partial charge is 0.545 e. The van der Waals surface area contributed by atoms with E-state index in [0.717, 1.165) is 154 Å². The molecule has 0 saturated heterocycles. The van der Waals surface area contributed by atoms with Crippen LogP contribution in [0.2, 0.25) is 0 Å². The molecule has 0 bridgehead atoms. The van der Waals surface area contributed by atoms with Crippen molar-refractivity contribution in [3.05, 3.63) is 207 Å². The molecule has 85 heavy (non-hydrogen) atoms. The predicted octanol–water partition coefficient (Wildman–Crippen LogP) is 18.7. The Kier molecular flexibility index (Phi) is 59.3. The van der Waals surface area contributed by atoms with Gasteiger partial charge in [-0.15, -0.1) is 0 Å². The standard InChI is InChI=1S/C76H115NO8/c1-6-8-10-12-14-16-18-20-22-24-26-27-28-29-30-31-32-33-34-35-36-37-38-39-40-41-42-43-44-45-46-47-49-51-53-55-57-59-61-63-65-67-74(79)85-72(71-84-76(75(80)81)82-69-68-77(3,4)5)70-83-73(78)66-64-62-60-58-56-54-52-50-48-25-23-21-19-17-15-13-11-9-7-2/h8-11,14-17,20-23,26-27,29-30,32-33,35-36,38-39,41-42,44-45,47-50,53-56,72,76H,6-7,12-13,18-19,24-25,28,31,34,37,40,43,46,51-52,57-71H2,1-5H3/b10-8-,11-9-,16-14-,17-15-,22-20-,23-21-,27-26-,30-29-,33-32-,36-35-,39-38-,42-41-,45-44-,49-47-,50-48-,55-53-,56-54-. The third-order valence-corrected chi connectivity index (χ3v) is 12.5. The summed E-state index contributed by atoms with van der Waals surface area (Å²) in [6.07, 6.45) is 97.5. The van der Waals surface area contributed by atoms with Crippen molar-refractivity contribution in [3.8, 4) is 0 Å². The summed E-state index contributed by atoms with van der Waals surface area (Å²) in [6.45, 7) is 4.40. The topological polar surface area (TPSA) is 111 Å². The van der Waals surface area contributed by atoms with E-state index in [1.54, 1.807) is 0 Å². The minimum Gasteiger partial charge on any atom is -0.545 e. The Balaban J connectivity index is 4.31. The van der Waals surface area contributed by atoms with Gasteiger partial charge < -0.3 is 33.3 Å². The second-order valence-corrected chi connectivity index (χ2v) is 21.6. The molecule has 0 heterocycles. The molecule has 0 fully saturated rings. The molecule has 2 unspecified atom stereocenters. The summed E-state index contributed by atoms with van der Waals surface area (Å²) >= 11 is 0. The van der Waals surface area contributed by atoms with Gasteiger partial charge in [-0.3, -0.25) is 9.59 Å². The Morgan fingerprint density at radius 1 is 0.353 bits per heavy atom. The minimum absolute atomic E-state index is 0.124. The van der Waals surface area contributed by atoms with E-state index in [4.69, 9.17) is 18.9 Å². The van der Waals surface area contributed by atoms with Crippen LogP contribution in [0.25, 0.3) is 0 Å². The summed E-state index contributed by atoms with van der Waals surface area (Å²) < 4.78 is 22.6. The van der Waals surface area contributed by atoms with Crippen molar-refractivity contribution < 1.29 is 42.9 Å². The van der Waals surface area contributed by atoms with Crippen LogP contribution in [-0.2, 0) is 33.3 Å². The zero-order valence-corrected chi connectivity index (χ0v) is 53.6. The van der Waals surface area contributed by atoms with Gasteiger partial charge in [0.15, 0.2) is 12.4 Å². The second kappa shape index (κ2) is 63.9. The van der Waals surface area contributed by atoms with E-state index >= 15 is 0 Å². The third kappa shape index (κ3) is 65.3. The number of carboxylic acids is 1. The van der Waals surface area contributed by atoms with Crippen LogP contribution in [-0.4, -0.2) is 82.3 Å². The van der Waals surface area contributed by atoms with Gasteiger partial charge in [0.2, 0.25) is 0 Å². The van der Waals surface area contributed by atoms with Crippen LogP contribution in [0.1, 0.15) is 194 Å². The summed E-state index contributed by atoms with van der Waals surface area (Å²) in [5.41, 5.74) is 0. The highest BCUT2D eigenvalue weighted by atomic mass is 16.7. The van der Waals surface area contributed by atoms with Crippen molar-refractivity contribution in [3.63, 3.8) is 0 Å². The zero-order chi connectivity index (χ0) is 61.9. The Morgan fingerprint density at radius 2 is 0.635 bits per heavy atom. The highest BCUT2D eigenvalue weighted by Crippen LogP contribution is 2.12. The van der Waals surface area contributed by atoms with Crippen molar-refractivity contribution in [1.82, 2.24) is 0 Å². The number of likely N-dealkylation sites (N-methyl/N-ethyl adjacent to an activating group) is 1. The van der Waals surface area contributed by atoms with Crippen LogP contribution in [0.5, 0.6) is 0 Å². The summed E-state index contributed by atoms with van der Waals surface area (Å²) in [5.74, 6) is -2.39. The molecule has 2 atom stereocenters. The van der Waals surface area contributed by atoms with E-state index in [0.29, 0.717) is 23.9 Å². The fourth-order valence-electron chi connectivity index (χ4n) is 7.66. The summed E-state index contributed by atoms with van der Waals surface area (Å²) in [7, 11) is 5.88. The summed E-state index contributed by atoms with van der Waals surface area (Å²) in [5, 5.41) is 11.8. The van der Waals surface area contributed by atoms with Crippen LogP contribution in [0, 0.1) is 0 Å². The van der Waals surface area contributed by atoms with Gasteiger partial charge in [0, 0.05) is 12.8 Å². The average molecular weight is 1170 g/mol. The van der Waals surface area contributed by atoms with Gasteiger partial charge in [0.25, 0.3) is 0 Å². The van der Waals surface area contributed by atoms with Gasteiger partial charge in [-0.1, -0.05) is 240 Å². The number of carbonyl (C=O) groups is 3. The molecule has 9 nitrogen and oxygen atoms in total. The lowest BCUT2D eigenvalue weighted by Gasteiger charge is -2.26. The molecule has 0 saturated carbocycles. The summed E-state index contributed by atoms with van der Waals surface area (Å²) in [4.78, 5) is 37.3. The van der Waals surface area contributed by atoms with Gasteiger partial charge in [0.05, 0.1) is 40.3 Å². The quantitative estimate of drug-likeness (QED) is 0.0195. The average Bonchev–Trinajstić information content (AvgIpc) is 3.49. The first-order chi connectivity index (χ1) is 41.6. The van der Waals surface area contributed by atoms with Crippen LogP contribution in [0.3, 0.4) is 0 Å². The van der Waals surface area contributed by atoms with Crippen molar-refractivity contribution >= 4 is 17.9 Å². The smallest absolute Gasteiger partial charge is 0.306 e. The van der Waals surface area contributed by atoms with Crippen molar-refractivity contribution in [2.24, 2.45) is 0 Å². The number of esters is 2. The lowest BCUT2D eigenvalue weighted by atomic mass is 10.1. The molecule has 0 aromatic rings. The number of carboxylic acid groups (broad SMARTS) is 1. The fraction of sp³-hybridized carbons (Fsp3) is 0.513. The van der Waals surface area contributed by atoms with E-state index in [2.05, 4.69) is 220 Å². The maximum atomic E-state index is 12.9. The Labute approximate surface area is 518 Å². The maximum absolute atomic E-state index is 12.9. The maximum Gasteiger partial charge on any atom is 0.306 e. The number of hydrogen-bond acceptors (Lipinski definition) is 8. The first kappa shape index (κ1) is 78.9. The van der Waals surface area contributed by atoms with Crippen molar-refractivity contribution in [2.75, 3.05) is 47.5 Å². The third-order valence-electron chi connectivity index (χ3n) is 12.5. The monoisotopic (exact) mass is 1170 g/mol. The second-order valence-electron chi connectivity index (χ2n) is 21.6. The number of unbranched alkanes of at least 4 members (excludes halogenated alkanes) is 7. The number of ether oxygens (including phenoxy) is 4. The highest BCUT2D eigenvalue weighted by molar-refractivity contribution is 5.70.